The van der Waals surface area contributed by atoms with Crippen LogP contribution in [-0.4, -0.2) is 4.98 Å². The summed E-state index contributed by atoms with van der Waals surface area (Å²) in [6.07, 6.45) is 1.03. The van der Waals surface area contributed by atoms with Crippen LogP contribution in [0.25, 0.3) is 54.3 Å². The van der Waals surface area contributed by atoms with Gasteiger partial charge in [-0.1, -0.05) is 71.0 Å². The van der Waals surface area contributed by atoms with Crippen LogP contribution in [0.5, 0.6) is 0 Å². The number of benzene rings is 3. The molecule has 0 spiro atoms. The number of furan rings is 1. The second kappa shape index (κ2) is 9.34. The van der Waals surface area contributed by atoms with Crippen molar-refractivity contribution in [1.82, 2.24) is 4.98 Å². The zero-order valence-electron chi connectivity index (χ0n) is 24.3. The molecule has 0 saturated carbocycles. The normalized spacial score (nSPS) is 12.4. The number of thiophene rings is 1. The maximum atomic E-state index is 6.31. The van der Waals surface area contributed by atoms with E-state index in [1.165, 1.54) is 59.8 Å². The van der Waals surface area contributed by atoms with Gasteiger partial charge in [-0.3, -0.25) is 0 Å². The monoisotopic (exact) mass is 531 g/mol. The maximum Gasteiger partial charge on any atom is 0.135 e. The third-order valence-electron chi connectivity index (χ3n) is 8.02. The smallest absolute Gasteiger partial charge is 0.135 e. The minimum absolute atomic E-state index is 0.0224. The van der Waals surface area contributed by atoms with Crippen molar-refractivity contribution in [3.05, 3.63) is 88.0 Å². The van der Waals surface area contributed by atoms with Crippen LogP contribution in [-0.2, 0) is 11.8 Å². The Hall–Kier alpha value is -3.43. The van der Waals surface area contributed by atoms with Gasteiger partial charge in [-0.05, 0) is 95.8 Å². The largest absolute Gasteiger partial charge is 0.461 e. The standard InChI is InChI=1S/C36H37NOS/c1-20(2)15-29-22(4)38-33-18-25(13-14-28(29)33)30-19-32(37-35-34(30)21(3)23(5)39-35)26-16-24-11-9-10-12-27(24)31(17-26)36(6,7)8/h9-14,16-20H,15H2,1-8H3. The molecule has 0 aliphatic carbocycles. The van der Waals surface area contributed by atoms with Gasteiger partial charge in [-0.2, -0.15) is 0 Å². The summed E-state index contributed by atoms with van der Waals surface area (Å²) in [5.74, 6) is 1.62. The second-order valence-electron chi connectivity index (χ2n) is 12.5. The predicted molar refractivity (Wildman–Crippen MR) is 169 cm³/mol. The Bertz CT molecular complexity index is 1880. The van der Waals surface area contributed by atoms with Crippen molar-refractivity contribution in [3.8, 4) is 22.4 Å². The molecule has 6 aromatic rings. The lowest BCUT2D eigenvalue weighted by atomic mass is 9.82. The van der Waals surface area contributed by atoms with E-state index in [1.807, 2.05) is 0 Å². The predicted octanol–water partition coefficient (Wildman–Crippen LogP) is 11.0. The molecule has 0 unspecified atom stereocenters. The first-order valence-electron chi connectivity index (χ1n) is 14.0. The highest BCUT2D eigenvalue weighted by molar-refractivity contribution is 7.18. The van der Waals surface area contributed by atoms with Gasteiger partial charge in [0.15, 0.2) is 0 Å². The summed E-state index contributed by atoms with van der Waals surface area (Å²) in [4.78, 5) is 7.67. The Balaban J connectivity index is 1.60. The highest BCUT2D eigenvalue weighted by Crippen LogP contribution is 2.42. The first kappa shape index (κ1) is 25.8. The van der Waals surface area contributed by atoms with Gasteiger partial charge >= 0.3 is 0 Å². The zero-order chi connectivity index (χ0) is 27.6. The van der Waals surface area contributed by atoms with E-state index in [0.717, 1.165) is 28.3 Å². The van der Waals surface area contributed by atoms with Crippen molar-refractivity contribution in [2.24, 2.45) is 5.92 Å². The Morgan fingerprint density at radius 2 is 1.64 bits per heavy atom. The van der Waals surface area contributed by atoms with E-state index in [0.29, 0.717) is 5.92 Å². The number of nitrogens with zero attached hydrogens (tertiary/aromatic N) is 1. The van der Waals surface area contributed by atoms with Gasteiger partial charge in [0.2, 0.25) is 0 Å². The van der Waals surface area contributed by atoms with E-state index >= 15 is 0 Å². The van der Waals surface area contributed by atoms with E-state index in [9.17, 15) is 0 Å². The fraction of sp³-hybridized carbons (Fsp3) is 0.306. The van der Waals surface area contributed by atoms with Gasteiger partial charge in [0.05, 0.1) is 5.69 Å². The molecule has 0 bridgehead atoms. The molecular formula is C36H37NOS. The van der Waals surface area contributed by atoms with Crippen LogP contribution in [0, 0.1) is 26.7 Å². The molecule has 198 valence electrons. The third-order valence-corrected chi connectivity index (χ3v) is 9.12. The van der Waals surface area contributed by atoms with Crippen molar-refractivity contribution in [2.45, 2.75) is 67.2 Å². The lowest BCUT2D eigenvalue weighted by Crippen LogP contribution is -2.12. The van der Waals surface area contributed by atoms with Crippen molar-refractivity contribution in [3.63, 3.8) is 0 Å². The minimum atomic E-state index is 0.0224. The Morgan fingerprint density at radius 3 is 2.38 bits per heavy atom. The summed E-state index contributed by atoms with van der Waals surface area (Å²) in [5, 5.41) is 5.06. The molecule has 3 aromatic carbocycles. The average Bonchev–Trinajstić information content (AvgIpc) is 3.35. The summed E-state index contributed by atoms with van der Waals surface area (Å²) >= 11 is 1.79. The van der Waals surface area contributed by atoms with Gasteiger partial charge in [0.25, 0.3) is 0 Å². The molecular weight excluding hydrogens is 494 g/mol. The molecule has 39 heavy (non-hydrogen) atoms. The molecule has 2 nitrogen and oxygen atoms in total. The Kier molecular flexibility index (Phi) is 6.19. The van der Waals surface area contributed by atoms with Crippen LogP contribution >= 0.6 is 11.3 Å². The molecule has 3 heterocycles. The fourth-order valence-electron chi connectivity index (χ4n) is 5.91. The van der Waals surface area contributed by atoms with E-state index < -0.39 is 0 Å². The number of hydrogen-bond donors (Lipinski definition) is 0. The third kappa shape index (κ3) is 4.47. The minimum Gasteiger partial charge on any atom is -0.461 e. The van der Waals surface area contributed by atoms with Gasteiger partial charge < -0.3 is 4.42 Å². The molecule has 0 atom stereocenters. The van der Waals surface area contributed by atoms with Gasteiger partial charge in [-0.15, -0.1) is 11.3 Å². The van der Waals surface area contributed by atoms with Crippen LogP contribution in [0.2, 0.25) is 0 Å². The molecule has 0 saturated heterocycles. The number of hydrogen-bond acceptors (Lipinski definition) is 3. The molecule has 0 radical (unpaired) electrons. The van der Waals surface area contributed by atoms with Crippen molar-refractivity contribution >= 4 is 43.3 Å². The summed E-state index contributed by atoms with van der Waals surface area (Å²) in [6.45, 7) is 17.9. The lowest BCUT2D eigenvalue weighted by molar-refractivity contribution is 0.560. The molecule has 3 heteroatoms. The van der Waals surface area contributed by atoms with E-state index in [2.05, 4.69) is 116 Å². The number of rotatable bonds is 4. The van der Waals surface area contributed by atoms with Gasteiger partial charge in [0.1, 0.15) is 16.2 Å². The van der Waals surface area contributed by atoms with Crippen LogP contribution in [0.3, 0.4) is 0 Å². The maximum absolute atomic E-state index is 6.31. The topological polar surface area (TPSA) is 26.0 Å². The first-order chi connectivity index (χ1) is 18.5. The van der Waals surface area contributed by atoms with Crippen LogP contribution in [0.15, 0.2) is 65.1 Å². The summed E-state index contributed by atoms with van der Waals surface area (Å²) in [6, 6.07) is 22.4. The van der Waals surface area contributed by atoms with Gasteiger partial charge in [-0.25, -0.2) is 4.98 Å². The SMILES string of the molecule is Cc1oc2cc(-c3cc(-c4cc(C(C)(C)C)c5ccccc5c4)nc4sc(C)c(C)c34)ccc2c1CC(C)C. The van der Waals surface area contributed by atoms with Gasteiger partial charge in [0, 0.05) is 26.8 Å². The fourth-order valence-corrected chi connectivity index (χ4v) is 6.97. The molecule has 3 aromatic heterocycles. The molecule has 0 fully saturated rings. The van der Waals surface area contributed by atoms with Crippen molar-refractivity contribution < 1.29 is 4.42 Å². The molecule has 0 aliphatic rings. The number of aryl methyl sites for hydroxylation is 3. The Morgan fingerprint density at radius 1 is 0.872 bits per heavy atom. The molecule has 0 N–H and O–H groups in total. The summed E-state index contributed by atoms with van der Waals surface area (Å²) < 4.78 is 6.31. The molecule has 6 rings (SSSR count). The highest BCUT2D eigenvalue weighted by Gasteiger charge is 2.21. The van der Waals surface area contributed by atoms with Crippen LogP contribution in [0.4, 0.5) is 0 Å². The summed E-state index contributed by atoms with van der Waals surface area (Å²) in [7, 11) is 0. The summed E-state index contributed by atoms with van der Waals surface area (Å²) in [5.41, 5.74) is 9.58. The molecule has 0 aliphatic heterocycles. The Labute approximate surface area is 235 Å². The van der Waals surface area contributed by atoms with Crippen molar-refractivity contribution in [1.29, 1.82) is 0 Å². The quantitative estimate of drug-likeness (QED) is 0.226. The number of fused-ring (bicyclic) bond motifs is 3. The van der Waals surface area contributed by atoms with E-state index in [4.69, 9.17) is 9.40 Å². The van der Waals surface area contributed by atoms with Crippen molar-refractivity contribution in [2.75, 3.05) is 0 Å². The average molecular weight is 532 g/mol. The van der Waals surface area contributed by atoms with Crippen LogP contribution in [0.1, 0.15) is 61.9 Å². The zero-order valence-corrected chi connectivity index (χ0v) is 25.1. The van der Waals surface area contributed by atoms with E-state index in [1.54, 1.807) is 11.3 Å². The number of pyridine rings is 1. The second-order valence-corrected chi connectivity index (χ2v) is 13.7. The lowest BCUT2D eigenvalue weighted by Gasteiger charge is -2.23. The highest BCUT2D eigenvalue weighted by atomic mass is 32.1. The van der Waals surface area contributed by atoms with E-state index in [-0.39, 0.29) is 5.41 Å². The first-order valence-corrected chi connectivity index (χ1v) is 14.8. The number of aromatic nitrogens is 1. The molecule has 0 amide bonds. The van der Waals surface area contributed by atoms with Crippen LogP contribution < -0.4 is 0 Å².